The van der Waals surface area contributed by atoms with E-state index < -0.39 is 0 Å². The van der Waals surface area contributed by atoms with Gasteiger partial charge in [-0.1, -0.05) is 29.8 Å². The molecular weight excluding hydrogens is 404 g/mol. The Morgan fingerprint density at radius 1 is 1.00 bits per heavy atom. The molecule has 3 aromatic rings. The number of nitrogens with one attached hydrogen (secondary N) is 2. The van der Waals surface area contributed by atoms with Crippen LogP contribution in [0.5, 0.6) is 0 Å². The zero-order valence-corrected chi connectivity index (χ0v) is 16.7. The van der Waals surface area contributed by atoms with E-state index in [-0.39, 0.29) is 24.2 Å². The lowest BCUT2D eigenvalue weighted by Crippen LogP contribution is -2.15. The van der Waals surface area contributed by atoms with Crippen molar-refractivity contribution < 1.29 is 4.39 Å². The molecule has 0 amide bonds. The van der Waals surface area contributed by atoms with Gasteiger partial charge in [-0.05, 0) is 30.3 Å². The van der Waals surface area contributed by atoms with Crippen molar-refractivity contribution in [3.05, 3.63) is 64.9 Å². The van der Waals surface area contributed by atoms with E-state index in [9.17, 15) is 4.39 Å². The molecule has 2 N–H and O–H groups in total. The predicted octanol–water partition coefficient (Wildman–Crippen LogP) is 4.34. The number of anilines is 4. The molecule has 0 bridgehead atoms. The van der Waals surface area contributed by atoms with E-state index in [1.54, 1.807) is 29.3 Å². The molecule has 10 heteroatoms. The third-order valence-corrected chi connectivity index (χ3v) is 3.74. The first-order chi connectivity index (χ1) is 13.0. The number of halogens is 3. The van der Waals surface area contributed by atoms with Gasteiger partial charge in [-0.3, -0.25) is 0 Å². The number of hydrogen-bond acceptors (Lipinski definition) is 7. The number of aromatic nitrogens is 3. The highest BCUT2D eigenvalue weighted by molar-refractivity contribution is 6.33. The molecule has 0 spiro atoms. The van der Waals surface area contributed by atoms with Crippen LogP contribution in [0.1, 0.15) is 5.56 Å². The topological polar surface area (TPSA) is 78.3 Å². The Morgan fingerprint density at radius 3 is 2.36 bits per heavy atom. The minimum atomic E-state index is -0.318. The largest absolute Gasteiger partial charge is 0.347 e. The van der Waals surface area contributed by atoms with E-state index in [0.29, 0.717) is 22.6 Å². The first-order valence-electron chi connectivity index (χ1n) is 8.01. The summed E-state index contributed by atoms with van der Waals surface area (Å²) in [7, 11) is 3.63. The van der Waals surface area contributed by atoms with Crippen LogP contribution in [0.15, 0.2) is 53.6 Å². The molecule has 0 saturated heterocycles. The third-order valence-electron chi connectivity index (χ3n) is 3.40. The lowest BCUT2D eigenvalue weighted by molar-refractivity contribution is 0.628. The number of nitrogens with zero attached hydrogens (tertiary/aromatic N) is 5. The maximum Gasteiger partial charge on any atom is 0.250 e. The summed E-state index contributed by atoms with van der Waals surface area (Å²) in [6, 6.07) is 13.2. The molecule has 0 atom stereocenters. The summed E-state index contributed by atoms with van der Waals surface area (Å²) in [4.78, 5) is 14.6. The van der Waals surface area contributed by atoms with Crippen molar-refractivity contribution in [2.24, 2.45) is 5.10 Å². The van der Waals surface area contributed by atoms with Crippen LogP contribution in [0, 0.1) is 5.82 Å². The second-order valence-corrected chi connectivity index (χ2v) is 6.11. The normalized spacial score (nSPS) is 10.4. The average Bonchev–Trinajstić information content (AvgIpc) is 2.65. The van der Waals surface area contributed by atoms with E-state index in [0.717, 1.165) is 5.56 Å². The lowest BCUT2D eigenvalue weighted by Gasteiger charge is -2.13. The Labute approximate surface area is 173 Å². The third kappa shape index (κ3) is 5.77. The van der Waals surface area contributed by atoms with Gasteiger partial charge in [-0.15, -0.1) is 12.4 Å². The standard InChI is InChI=1S/C18H17ClFN7.ClH/c1-27(2)18-24-16(22-14-9-7-13(20)8-10-14)23-17(25-18)26-21-11-12-5-3-4-6-15(12)19;/h3-11H,1-2H3,(H2,22,23,24,25,26);1H. The summed E-state index contributed by atoms with van der Waals surface area (Å²) in [6.07, 6.45) is 1.58. The van der Waals surface area contributed by atoms with E-state index >= 15 is 0 Å². The maximum absolute atomic E-state index is 13.1. The van der Waals surface area contributed by atoms with Crippen LogP contribution in [-0.4, -0.2) is 35.3 Å². The minimum absolute atomic E-state index is 0. The summed E-state index contributed by atoms with van der Waals surface area (Å²) < 4.78 is 13.1. The summed E-state index contributed by atoms with van der Waals surface area (Å²) in [5, 5.41) is 7.73. The molecule has 0 unspecified atom stereocenters. The van der Waals surface area contributed by atoms with E-state index in [2.05, 4.69) is 30.8 Å². The molecule has 0 radical (unpaired) electrons. The number of benzene rings is 2. The Kier molecular flexibility index (Phi) is 7.48. The van der Waals surface area contributed by atoms with Crippen LogP contribution >= 0.6 is 24.0 Å². The highest BCUT2D eigenvalue weighted by Gasteiger charge is 2.08. The summed E-state index contributed by atoms with van der Waals surface area (Å²) >= 11 is 6.10. The van der Waals surface area contributed by atoms with E-state index in [4.69, 9.17) is 11.6 Å². The van der Waals surface area contributed by atoms with Crippen molar-refractivity contribution in [3.63, 3.8) is 0 Å². The SMILES string of the molecule is CN(C)c1nc(NN=Cc2ccccc2Cl)nc(Nc2ccc(F)cc2)n1.Cl. The highest BCUT2D eigenvalue weighted by Crippen LogP contribution is 2.17. The molecule has 2 aromatic carbocycles. The van der Waals surface area contributed by atoms with Crippen molar-refractivity contribution in [2.45, 2.75) is 0 Å². The van der Waals surface area contributed by atoms with Gasteiger partial charge < -0.3 is 10.2 Å². The molecule has 0 aliphatic carbocycles. The first kappa shape index (κ1) is 21.3. The van der Waals surface area contributed by atoms with Gasteiger partial charge in [0.25, 0.3) is 0 Å². The quantitative estimate of drug-likeness (QED) is 0.455. The molecular formula is C18H18Cl2FN7. The summed E-state index contributed by atoms with van der Waals surface area (Å²) in [6.45, 7) is 0. The number of hydrazone groups is 1. The van der Waals surface area contributed by atoms with Gasteiger partial charge in [0.1, 0.15) is 5.82 Å². The molecule has 1 aromatic heterocycles. The summed E-state index contributed by atoms with van der Waals surface area (Å²) in [5.74, 6) is 0.670. The maximum atomic E-state index is 13.1. The minimum Gasteiger partial charge on any atom is -0.347 e. The van der Waals surface area contributed by atoms with Gasteiger partial charge in [-0.2, -0.15) is 20.1 Å². The fourth-order valence-electron chi connectivity index (χ4n) is 2.07. The zero-order chi connectivity index (χ0) is 19.2. The van der Waals surface area contributed by atoms with Gasteiger partial charge in [0.2, 0.25) is 17.8 Å². The van der Waals surface area contributed by atoms with Crippen molar-refractivity contribution in [3.8, 4) is 0 Å². The monoisotopic (exact) mass is 421 g/mol. The Hall–Kier alpha value is -2.97. The second-order valence-electron chi connectivity index (χ2n) is 5.70. The second kappa shape index (κ2) is 9.82. The zero-order valence-electron chi connectivity index (χ0n) is 15.1. The molecule has 0 fully saturated rings. The number of hydrogen-bond donors (Lipinski definition) is 2. The highest BCUT2D eigenvalue weighted by atomic mass is 35.5. The van der Waals surface area contributed by atoms with Crippen molar-refractivity contribution in [1.82, 2.24) is 15.0 Å². The summed E-state index contributed by atoms with van der Waals surface area (Å²) in [5.41, 5.74) is 4.19. The molecule has 3 rings (SSSR count). The smallest absolute Gasteiger partial charge is 0.250 e. The van der Waals surface area contributed by atoms with Gasteiger partial charge in [0, 0.05) is 30.4 Å². The van der Waals surface area contributed by atoms with Crippen LogP contribution in [0.25, 0.3) is 0 Å². The van der Waals surface area contributed by atoms with Crippen LogP contribution in [0.3, 0.4) is 0 Å². The van der Waals surface area contributed by atoms with Crippen LogP contribution in [-0.2, 0) is 0 Å². The van der Waals surface area contributed by atoms with Crippen LogP contribution < -0.4 is 15.6 Å². The molecule has 7 nitrogen and oxygen atoms in total. The Bertz CT molecular complexity index is 949. The molecule has 0 aliphatic heterocycles. The van der Waals surface area contributed by atoms with E-state index in [1.165, 1.54) is 12.1 Å². The van der Waals surface area contributed by atoms with Gasteiger partial charge in [0.15, 0.2) is 0 Å². The van der Waals surface area contributed by atoms with Gasteiger partial charge >= 0.3 is 0 Å². The molecule has 28 heavy (non-hydrogen) atoms. The number of rotatable bonds is 6. The molecule has 0 saturated carbocycles. The molecule has 0 aliphatic rings. The van der Waals surface area contributed by atoms with Gasteiger partial charge in [-0.25, -0.2) is 9.82 Å². The van der Waals surface area contributed by atoms with E-state index in [1.807, 2.05) is 32.3 Å². The average molecular weight is 422 g/mol. The Balaban J connectivity index is 0.00000280. The van der Waals surface area contributed by atoms with Crippen LogP contribution in [0.2, 0.25) is 5.02 Å². The molecule has 1 heterocycles. The fourth-order valence-corrected chi connectivity index (χ4v) is 2.26. The van der Waals surface area contributed by atoms with Crippen molar-refractivity contribution in [1.29, 1.82) is 0 Å². The van der Waals surface area contributed by atoms with Crippen LogP contribution in [0.4, 0.5) is 27.9 Å². The first-order valence-corrected chi connectivity index (χ1v) is 8.38. The Morgan fingerprint density at radius 2 is 1.68 bits per heavy atom. The van der Waals surface area contributed by atoms with Crippen molar-refractivity contribution >= 4 is 53.8 Å². The lowest BCUT2D eigenvalue weighted by atomic mass is 10.2. The van der Waals surface area contributed by atoms with Gasteiger partial charge in [0.05, 0.1) is 6.21 Å². The van der Waals surface area contributed by atoms with Crippen molar-refractivity contribution in [2.75, 3.05) is 29.7 Å². The molecule has 146 valence electrons. The predicted molar refractivity (Wildman–Crippen MR) is 114 cm³/mol. The fraction of sp³-hybridized carbons (Fsp3) is 0.111.